The van der Waals surface area contributed by atoms with Crippen LogP contribution < -0.4 is 0 Å². The molecule has 0 aliphatic heterocycles. The van der Waals surface area contributed by atoms with Gasteiger partial charge in [0.2, 0.25) is 0 Å². The van der Waals surface area contributed by atoms with E-state index >= 15 is 0 Å². The minimum absolute atomic E-state index is 0.249. The number of fused-ring (bicyclic) bond motifs is 1. The number of aryl methyl sites for hydroxylation is 2. The van der Waals surface area contributed by atoms with Gasteiger partial charge in [-0.15, -0.1) is 0 Å². The van der Waals surface area contributed by atoms with Gasteiger partial charge >= 0.3 is 0 Å². The van der Waals surface area contributed by atoms with Crippen molar-refractivity contribution < 1.29 is 4.39 Å². The van der Waals surface area contributed by atoms with E-state index in [0.717, 1.165) is 11.1 Å². The number of benzene rings is 1. The molecule has 0 aliphatic carbocycles. The summed E-state index contributed by atoms with van der Waals surface area (Å²) in [6.45, 7) is 3.70. The molecule has 3 aromatic rings. The third-order valence-electron chi connectivity index (χ3n) is 3.07. The first-order chi connectivity index (χ1) is 9.06. The van der Waals surface area contributed by atoms with E-state index in [2.05, 4.69) is 9.97 Å². The molecule has 19 heavy (non-hydrogen) atoms. The van der Waals surface area contributed by atoms with E-state index < -0.39 is 0 Å². The number of nitrogens with zero attached hydrogens (tertiary/aromatic N) is 2. The van der Waals surface area contributed by atoms with Crippen LogP contribution in [0.1, 0.15) is 11.1 Å². The summed E-state index contributed by atoms with van der Waals surface area (Å²) < 4.78 is 15.9. The maximum atomic E-state index is 13.7. The Morgan fingerprint density at radius 1 is 1.26 bits per heavy atom. The van der Waals surface area contributed by atoms with Gasteiger partial charge in [-0.2, -0.15) is 0 Å². The summed E-state index contributed by atoms with van der Waals surface area (Å²) in [6, 6.07) is 7.02. The van der Waals surface area contributed by atoms with Crippen molar-refractivity contribution in [1.82, 2.24) is 14.5 Å². The highest BCUT2D eigenvalue weighted by atomic mass is 32.1. The molecule has 5 heteroatoms. The maximum absolute atomic E-state index is 13.7. The average Bonchev–Trinajstić information content (AvgIpc) is 2.68. The largest absolute Gasteiger partial charge is 0.329 e. The normalized spacial score (nSPS) is 11.1. The minimum atomic E-state index is -0.249. The fourth-order valence-corrected chi connectivity index (χ4v) is 2.36. The lowest BCUT2D eigenvalue weighted by molar-refractivity contribution is 0.617. The van der Waals surface area contributed by atoms with E-state index in [1.807, 2.05) is 19.1 Å². The van der Waals surface area contributed by atoms with Gasteiger partial charge < -0.3 is 4.98 Å². The highest BCUT2D eigenvalue weighted by molar-refractivity contribution is 7.71. The van der Waals surface area contributed by atoms with Crippen LogP contribution in [0.4, 0.5) is 4.39 Å². The van der Waals surface area contributed by atoms with E-state index in [1.165, 1.54) is 6.07 Å². The Kier molecular flexibility index (Phi) is 2.71. The second-order valence-electron chi connectivity index (χ2n) is 4.58. The summed E-state index contributed by atoms with van der Waals surface area (Å²) in [4.78, 5) is 7.47. The Balaban J connectivity index is 2.32. The first kappa shape index (κ1) is 12.0. The van der Waals surface area contributed by atoms with Crippen LogP contribution in [0.15, 0.2) is 30.5 Å². The monoisotopic (exact) mass is 273 g/mol. The van der Waals surface area contributed by atoms with Crippen molar-refractivity contribution >= 4 is 23.4 Å². The highest BCUT2D eigenvalue weighted by Gasteiger charge is 2.09. The molecule has 0 saturated carbocycles. The van der Waals surface area contributed by atoms with Crippen molar-refractivity contribution in [3.8, 4) is 5.69 Å². The molecule has 0 saturated heterocycles. The lowest BCUT2D eigenvalue weighted by Crippen LogP contribution is -1.97. The van der Waals surface area contributed by atoms with Gasteiger partial charge in [0.25, 0.3) is 0 Å². The van der Waals surface area contributed by atoms with Gasteiger partial charge in [0.05, 0.1) is 11.2 Å². The third kappa shape index (κ3) is 1.96. The van der Waals surface area contributed by atoms with E-state index in [-0.39, 0.29) is 5.82 Å². The number of aromatic nitrogens is 3. The molecule has 3 nitrogen and oxygen atoms in total. The molecule has 96 valence electrons. The fraction of sp³-hybridized carbons (Fsp3) is 0.143. The zero-order valence-corrected chi connectivity index (χ0v) is 11.4. The number of hydrogen-bond donors (Lipinski definition) is 1. The second kappa shape index (κ2) is 4.28. The van der Waals surface area contributed by atoms with Gasteiger partial charge in [-0.25, -0.2) is 9.37 Å². The summed E-state index contributed by atoms with van der Waals surface area (Å²) in [5.74, 6) is -0.249. The summed E-state index contributed by atoms with van der Waals surface area (Å²) in [5.41, 5.74) is 3.89. The minimum Gasteiger partial charge on any atom is -0.329 e. The third-order valence-corrected chi connectivity index (χ3v) is 3.36. The van der Waals surface area contributed by atoms with Crippen molar-refractivity contribution in [3.05, 3.63) is 52.2 Å². The molecule has 0 atom stereocenters. The molecule has 0 radical (unpaired) electrons. The van der Waals surface area contributed by atoms with Gasteiger partial charge in [0, 0.05) is 6.20 Å². The molecular formula is C14H12FN3S. The number of hydrogen-bond acceptors (Lipinski definition) is 2. The first-order valence-electron chi connectivity index (χ1n) is 5.90. The lowest BCUT2D eigenvalue weighted by atomic mass is 10.2. The molecule has 0 spiro atoms. The molecule has 1 aromatic carbocycles. The number of pyridine rings is 1. The van der Waals surface area contributed by atoms with Crippen LogP contribution in [0, 0.1) is 24.4 Å². The Morgan fingerprint density at radius 2 is 2.05 bits per heavy atom. The van der Waals surface area contributed by atoms with E-state index in [9.17, 15) is 4.39 Å². The predicted molar refractivity (Wildman–Crippen MR) is 75.7 cm³/mol. The molecule has 1 N–H and O–H groups in total. The number of nitrogens with one attached hydrogen (secondary N) is 1. The topological polar surface area (TPSA) is 33.6 Å². The van der Waals surface area contributed by atoms with Gasteiger partial charge in [-0.3, -0.25) is 4.57 Å². The van der Waals surface area contributed by atoms with Crippen molar-refractivity contribution in [2.75, 3.05) is 0 Å². The Morgan fingerprint density at radius 3 is 2.79 bits per heavy atom. The standard InChI is InChI=1S/C14H12FN3S/c1-8-5-12-13(16-7-8)18(14(19)17-12)10-4-3-9(2)11(15)6-10/h3-7H,1-2H3,(H,17,19). The summed E-state index contributed by atoms with van der Waals surface area (Å²) >= 11 is 5.30. The Bertz CT molecular complexity index is 832. The quantitative estimate of drug-likeness (QED) is 0.683. The average molecular weight is 273 g/mol. The summed E-state index contributed by atoms with van der Waals surface area (Å²) in [7, 11) is 0. The molecule has 0 fully saturated rings. The van der Waals surface area contributed by atoms with Crippen molar-refractivity contribution in [2.45, 2.75) is 13.8 Å². The number of aromatic amines is 1. The first-order valence-corrected chi connectivity index (χ1v) is 6.31. The Labute approximate surface area is 114 Å². The van der Waals surface area contributed by atoms with Gasteiger partial charge in [0.1, 0.15) is 5.82 Å². The molecule has 2 aromatic heterocycles. The van der Waals surface area contributed by atoms with E-state index in [1.54, 1.807) is 23.8 Å². The SMILES string of the molecule is Cc1cnc2c(c1)[nH]c(=S)n2-c1ccc(C)c(F)c1. The van der Waals surface area contributed by atoms with E-state index in [4.69, 9.17) is 12.2 Å². The predicted octanol–water partition coefficient (Wildman–Crippen LogP) is 3.84. The van der Waals surface area contributed by atoms with Crippen LogP contribution >= 0.6 is 12.2 Å². The van der Waals surface area contributed by atoms with Crippen LogP contribution in [0.3, 0.4) is 0 Å². The fourth-order valence-electron chi connectivity index (χ4n) is 2.06. The van der Waals surface area contributed by atoms with Crippen LogP contribution in [0.25, 0.3) is 16.9 Å². The van der Waals surface area contributed by atoms with E-state index in [0.29, 0.717) is 21.7 Å². The number of H-pyrrole nitrogens is 1. The molecule has 0 bridgehead atoms. The zero-order chi connectivity index (χ0) is 13.6. The molecule has 2 heterocycles. The number of rotatable bonds is 1. The second-order valence-corrected chi connectivity index (χ2v) is 4.97. The molecule has 0 amide bonds. The van der Waals surface area contributed by atoms with Crippen molar-refractivity contribution in [2.24, 2.45) is 0 Å². The summed E-state index contributed by atoms with van der Waals surface area (Å²) in [5, 5.41) is 0. The van der Waals surface area contributed by atoms with Crippen molar-refractivity contribution in [3.63, 3.8) is 0 Å². The van der Waals surface area contributed by atoms with Crippen LogP contribution in [-0.2, 0) is 0 Å². The molecule has 0 aliphatic rings. The zero-order valence-electron chi connectivity index (χ0n) is 10.6. The summed E-state index contributed by atoms with van der Waals surface area (Å²) in [6.07, 6.45) is 1.77. The maximum Gasteiger partial charge on any atom is 0.183 e. The van der Waals surface area contributed by atoms with Crippen LogP contribution in [0.5, 0.6) is 0 Å². The molecule has 3 rings (SSSR count). The van der Waals surface area contributed by atoms with Gasteiger partial charge in [-0.1, -0.05) is 6.07 Å². The number of halogens is 1. The number of imidazole rings is 1. The Hall–Kier alpha value is -2.01. The smallest absolute Gasteiger partial charge is 0.183 e. The van der Waals surface area contributed by atoms with Gasteiger partial charge in [0.15, 0.2) is 10.4 Å². The molecular weight excluding hydrogens is 261 g/mol. The molecule has 0 unspecified atom stereocenters. The lowest BCUT2D eigenvalue weighted by Gasteiger charge is -2.05. The van der Waals surface area contributed by atoms with Crippen molar-refractivity contribution in [1.29, 1.82) is 0 Å². The van der Waals surface area contributed by atoms with Gasteiger partial charge in [-0.05, 0) is 55.4 Å². The highest BCUT2D eigenvalue weighted by Crippen LogP contribution is 2.20. The van der Waals surface area contributed by atoms with Crippen LogP contribution in [-0.4, -0.2) is 14.5 Å². The van der Waals surface area contributed by atoms with Crippen LogP contribution in [0.2, 0.25) is 0 Å².